The van der Waals surface area contributed by atoms with Crippen molar-refractivity contribution < 1.29 is 19.2 Å². The first-order valence-electron chi connectivity index (χ1n) is 8.13. The second-order valence-electron chi connectivity index (χ2n) is 6.32. The van der Waals surface area contributed by atoms with Crippen LogP contribution in [0.4, 0.5) is 10.5 Å². The zero-order valence-corrected chi connectivity index (χ0v) is 15.3. The van der Waals surface area contributed by atoms with Crippen molar-refractivity contribution in [1.82, 2.24) is 9.80 Å². The van der Waals surface area contributed by atoms with Crippen molar-refractivity contribution in [1.29, 1.82) is 0 Å². The fraction of sp³-hybridized carbons (Fsp3) is 0.412. The highest BCUT2D eigenvalue weighted by atomic mass is 79.9. The van der Waals surface area contributed by atoms with Gasteiger partial charge in [0, 0.05) is 10.5 Å². The van der Waals surface area contributed by atoms with E-state index in [4.69, 9.17) is 0 Å². The molecule has 5 amide bonds. The number of anilines is 1. The Bertz CT molecular complexity index is 758. The molecule has 0 atom stereocenters. The first-order chi connectivity index (χ1) is 11.9. The number of carbonyl (C=O) groups excluding carboxylic acids is 4. The molecule has 1 aromatic carbocycles. The molecule has 0 radical (unpaired) electrons. The third-order valence-electron chi connectivity index (χ3n) is 4.47. The number of hydrogen-bond donors (Lipinski definition) is 1. The Morgan fingerprint density at radius 1 is 1.20 bits per heavy atom. The maximum absolute atomic E-state index is 12.4. The van der Waals surface area contributed by atoms with Gasteiger partial charge in [0.2, 0.25) is 5.91 Å². The number of halogens is 1. The molecule has 0 bridgehead atoms. The molecular formula is C17H18BrN3O4. The zero-order chi connectivity index (χ0) is 18.1. The summed E-state index contributed by atoms with van der Waals surface area (Å²) in [6.45, 7) is 1.44. The molecule has 25 heavy (non-hydrogen) atoms. The third-order valence-corrected chi connectivity index (χ3v) is 5.13. The van der Waals surface area contributed by atoms with E-state index in [1.165, 1.54) is 0 Å². The van der Waals surface area contributed by atoms with Gasteiger partial charge in [-0.2, -0.15) is 0 Å². The van der Waals surface area contributed by atoms with Crippen molar-refractivity contribution in [2.75, 3.05) is 11.9 Å². The first kappa shape index (κ1) is 17.6. The number of rotatable bonds is 4. The summed E-state index contributed by atoms with van der Waals surface area (Å²) >= 11 is 3.35. The fourth-order valence-electron chi connectivity index (χ4n) is 3.20. The van der Waals surface area contributed by atoms with Crippen LogP contribution in [-0.2, 0) is 14.4 Å². The lowest BCUT2D eigenvalue weighted by Gasteiger charge is -2.20. The number of nitrogens with one attached hydrogen (secondary N) is 1. The Hall–Kier alpha value is -2.22. The van der Waals surface area contributed by atoms with Crippen molar-refractivity contribution in [2.45, 2.75) is 38.6 Å². The third kappa shape index (κ3) is 3.44. The normalized spacial score (nSPS) is 18.4. The van der Waals surface area contributed by atoms with Crippen LogP contribution in [0.15, 0.2) is 22.7 Å². The van der Waals surface area contributed by atoms with Gasteiger partial charge in [-0.1, -0.05) is 18.9 Å². The summed E-state index contributed by atoms with van der Waals surface area (Å²) in [5.74, 6) is -2.30. The van der Waals surface area contributed by atoms with Crippen molar-refractivity contribution in [2.24, 2.45) is 0 Å². The Morgan fingerprint density at radius 2 is 1.88 bits per heavy atom. The van der Waals surface area contributed by atoms with E-state index in [0.717, 1.165) is 28.2 Å². The number of imide groups is 2. The summed E-state index contributed by atoms with van der Waals surface area (Å²) in [6, 6.07) is 4.47. The molecule has 132 valence electrons. The van der Waals surface area contributed by atoms with Gasteiger partial charge in [0.1, 0.15) is 6.54 Å². The van der Waals surface area contributed by atoms with Crippen LogP contribution in [0.3, 0.4) is 0 Å². The van der Waals surface area contributed by atoms with Gasteiger partial charge in [-0.3, -0.25) is 19.3 Å². The van der Waals surface area contributed by atoms with Crippen LogP contribution in [0.5, 0.6) is 0 Å². The zero-order valence-electron chi connectivity index (χ0n) is 13.8. The predicted molar refractivity (Wildman–Crippen MR) is 93.7 cm³/mol. The molecule has 0 spiro atoms. The van der Waals surface area contributed by atoms with Crippen molar-refractivity contribution in [3.05, 3.63) is 28.2 Å². The average molecular weight is 408 g/mol. The number of aryl methyl sites for hydroxylation is 1. The van der Waals surface area contributed by atoms with Crippen molar-refractivity contribution >= 4 is 45.4 Å². The fourth-order valence-corrected chi connectivity index (χ4v) is 3.79. The van der Waals surface area contributed by atoms with Gasteiger partial charge in [0.25, 0.3) is 0 Å². The minimum absolute atomic E-state index is 0.233. The van der Waals surface area contributed by atoms with Crippen molar-refractivity contribution in [3.63, 3.8) is 0 Å². The van der Waals surface area contributed by atoms with Crippen LogP contribution in [0.2, 0.25) is 0 Å². The monoisotopic (exact) mass is 407 g/mol. The molecule has 0 aromatic heterocycles. The van der Waals surface area contributed by atoms with Gasteiger partial charge < -0.3 is 5.32 Å². The lowest BCUT2D eigenvalue weighted by molar-refractivity contribution is -0.144. The Morgan fingerprint density at radius 3 is 2.52 bits per heavy atom. The lowest BCUT2D eigenvalue weighted by Crippen LogP contribution is -2.41. The molecule has 1 saturated carbocycles. The highest BCUT2D eigenvalue weighted by molar-refractivity contribution is 9.10. The van der Waals surface area contributed by atoms with Crippen LogP contribution in [0.1, 0.15) is 31.2 Å². The number of carbonyl (C=O) groups is 4. The SMILES string of the molecule is Cc1ccc(NC(=O)CN2C(=O)C(=O)N(C3CCCC3)C2=O)c(Br)c1. The van der Waals surface area contributed by atoms with Crippen LogP contribution >= 0.6 is 15.9 Å². The summed E-state index contributed by atoms with van der Waals surface area (Å²) in [6.07, 6.45) is 3.28. The van der Waals surface area contributed by atoms with E-state index in [1.807, 2.05) is 19.1 Å². The predicted octanol–water partition coefficient (Wildman–Crippen LogP) is 2.43. The molecule has 1 N–H and O–H groups in total. The van der Waals surface area contributed by atoms with E-state index in [0.29, 0.717) is 23.0 Å². The van der Waals surface area contributed by atoms with Gasteiger partial charge in [-0.25, -0.2) is 9.69 Å². The number of hydrogen-bond acceptors (Lipinski definition) is 4. The first-order valence-corrected chi connectivity index (χ1v) is 8.93. The number of nitrogens with zero attached hydrogens (tertiary/aromatic N) is 2. The van der Waals surface area contributed by atoms with Gasteiger partial charge in [0.15, 0.2) is 0 Å². The van der Waals surface area contributed by atoms with E-state index in [9.17, 15) is 19.2 Å². The topological polar surface area (TPSA) is 86.8 Å². The van der Waals surface area contributed by atoms with Crippen LogP contribution in [-0.4, -0.2) is 46.1 Å². The Kier molecular flexibility index (Phi) is 4.89. The standard InChI is InChI=1S/C17H18BrN3O4/c1-10-6-7-13(12(18)8-10)19-14(22)9-20-15(23)16(24)21(17(20)25)11-4-2-3-5-11/h6-8,11H,2-5,9H2,1H3,(H,19,22). The molecule has 1 aliphatic heterocycles. The maximum atomic E-state index is 12.4. The Balaban J connectivity index is 1.69. The summed E-state index contributed by atoms with van der Waals surface area (Å²) < 4.78 is 0.698. The van der Waals surface area contributed by atoms with Crippen LogP contribution < -0.4 is 5.32 Å². The van der Waals surface area contributed by atoms with Crippen LogP contribution in [0.25, 0.3) is 0 Å². The molecule has 0 unspecified atom stereocenters. The lowest BCUT2D eigenvalue weighted by atomic mass is 10.2. The number of amides is 5. The van der Waals surface area contributed by atoms with E-state index in [2.05, 4.69) is 21.2 Å². The molecule has 1 aromatic rings. The smallest absolute Gasteiger partial charge is 0.323 e. The van der Waals surface area contributed by atoms with Gasteiger partial charge in [-0.15, -0.1) is 0 Å². The quantitative estimate of drug-likeness (QED) is 0.613. The largest absolute Gasteiger partial charge is 0.334 e. The molecule has 2 aliphatic rings. The summed E-state index contributed by atoms with van der Waals surface area (Å²) in [5.41, 5.74) is 1.56. The highest BCUT2D eigenvalue weighted by Crippen LogP contribution is 2.28. The highest BCUT2D eigenvalue weighted by Gasteiger charge is 2.48. The molecule has 1 aliphatic carbocycles. The van der Waals surface area contributed by atoms with Gasteiger partial charge in [-0.05, 0) is 53.4 Å². The minimum Gasteiger partial charge on any atom is -0.323 e. The molecule has 3 rings (SSSR count). The molecule has 1 saturated heterocycles. The number of urea groups is 1. The summed E-state index contributed by atoms with van der Waals surface area (Å²) in [4.78, 5) is 50.6. The van der Waals surface area contributed by atoms with E-state index in [-0.39, 0.29) is 6.04 Å². The van der Waals surface area contributed by atoms with E-state index in [1.54, 1.807) is 6.07 Å². The van der Waals surface area contributed by atoms with E-state index < -0.39 is 30.3 Å². The minimum atomic E-state index is -0.935. The molecule has 7 nitrogen and oxygen atoms in total. The molecular weight excluding hydrogens is 390 g/mol. The summed E-state index contributed by atoms with van der Waals surface area (Å²) in [5, 5.41) is 2.64. The van der Waals surface area contributed by atoms with Gasteiger partial charge >= 0.3 is 17.8 Å². The average Bonchev–Trinajstić information content (AvgIpc) is 3.14. The van der Waals surface area contributed by atoms with Crippen molar-refractivity contribution in [3.8, 4) is 0 Å². The number of benzene rings is 1. The van der Waals surface area contributed by atoms with Crippen LogP contribution in [0, 0.1) is 6.92 Å². The molecule has 8 heteroatoms. The second-order valence-corrected chi connectivity index (χ2v) is 7.17. The van der Waals surface area contributed by atoms with Gasteiger partial charge in [0.05, 0.1) is 5.69 Å². The second kappa shape index (κ2) is 6.95. The molecule has 1 heterocycles. The molecule has 2 fully saturated rings. The Labute approximate surface area is 153 Å². The van der Waals surface area contributed by atoms with E-state index >= 15 is 0 Å². The summed E-state index contributed by atoms with van der Waals surface area (Å²) in [7, 11) is 0. The maximum Gasteiger partial charge on any atom is 0.334 e.